The summed E-state index contributed by atoms with van der Waals surface area (Å²) in [6.45, 7) is 3.87. The maximum Gasteiger partial charge on any atom is 0.340 e. The highest BCUT2D eigenvalue weighted by atomic mass is 16.5. The highest BCUT2D eigenvalue weighted by Gasteiger charge is 2.27. The Morgan fingerprint density at radius 3 is 2.87 bits per heavy atom. The van der Waals surface area contributed by atoms with Crippen LogP contribution in [0.15, 0.2) is 12.1 Å². The average Bonchev–Trinajstić information content (AvgIpc) is 2.15. The van der Waals surface area contributed by atoms with Crippen LogP contribution >= 0.6 is 0 Å². The number of benzene rings is 1. The fourth-order valence-corrected chi connectivity index (χ4v) is 2.01. The summed E-state index contributed by atoms with van der Waals surface area (Å²) in [6.07, 6.45) is -0.133. The molecule has 3 heteroatoms. The summed E-state index contributed by atoms with van der Waals surface area (Å²) >= 11 is 0. The summed E-state index contributed by atoms with van der Waals surface area (Å²) in [4.78, 5) is 11.6. The lowest BCUT2D eigenvalue weighted by Crippen LogP contribution is -2.27. The van der Waals surface area contributed by atoms with Crippen molar-refractivity contribution in [2.75, 3.05) is 0 Å². The molecule has 0 amide bonds. The molecule has 2 rings (SSSR count). The summed E-state index contributed by atoms with van der Waals surface area (Å²) in [6, 6.07) is 5.87. The molecule has 15 heavy (non-hydrogen) atoms. The molecule has 0 spiro atoms. The van der Waals surface area contributed by atoms with Crippen LogP contribution in [0, 0.1) is 25.2 Å². The number of hydrogen-bond donors (Lipinski definition) is 0. The maximum absolute atomic E-state index is 11.6. The SMILES string of the molecule is Cc1cc(C)c2c(c1)CC(C#N)OC2=O. The molecule has 1 aliphatic heterocycles. The predicted octanol–water partition coefficient (Wildman–Crippen LogP) is 1.91. The molecule has 0 saturated heterocycles. The van der Waals surface area contributed by atoms with Crippen molar-refractivity contribution in [2.24, 2.45) is 0 Å². The summed E-state index contributed by atoms with van der Waals surface area (Å²) in [5, 5.41) is 8.75. The number of fused-ring (bicyclic) bond motifs is 1. The Hall–Kier alpha value is -1.82. The second kappa shape index (κ2) is 3.39. The van der Waals surface area contributed by atoms with Crippen LogP contribution in [0.25, 0.3) is 0 Å². The van der Waals surface area contributed by atoms with Gasteiger partial charge < -0.3 is 4.74 Å². The standard InChI is InChI=1S/C12H11NO2/c1-7-3-8(2)11-9(4-7)5-10(6-13)15-12(11)14/h3-4,10H,5H2,1-2H3. The molecule has 0 bridgehead atoms. The van der Waals surface area contributed by atoms with Crippen LogP contribution in [0.5, 0.6) is 0 Å². The molecule has 0 saturated carbocycles. The van der Waals surface area contributed by atoms with Gasteiger partial charge in [0.1, 0.15) is 6.07 Å². The average molecular weight is 201 g/mol. The first-order valence-corrected chi connectivity index (χ1v) is 4.82. The molecule has 1 aromatic rings. The fraction of sp³-hybridized carbons (Fsp3) is 0.333. The van der Waals surface area contributed by atoms with E-state index in [9.17, 15) is 4.79 Å². The molecule has 0 radical (unpaired) electrons. The smallest absolute Gasteiger partial charge is 0.340 e. The molecular formula is C12H11NO2. The number of nitrogens with zero attached hydrogens (tertiary/aromatic N) is 1. The van der Waals surface area contributed by atoms with E-state index >= 15 is 0 Å². The van der Waals surface area contributed by atoms with Gasteiger partial charge in [0, 0.05) is 6.42 Å². The second-order valence-electron chi connectivity index (χ2n) is 3.84. The maximum atomic E-state index is 11.6. The van der Waals surface area contributed by atoms with Gasteiger partial charge in [-0.3, -0.25) is 0 Å². The largest absolute Gasteiger partial charge is 0.443 e. The number of cyclic esters (lactones) is 1. The van der Waals surface area contributed by atoms with Crippen LogP contribution in [-0.2, 0) is 11.2 Å². The van der Waals surface area contributed by atoms with E-state index in [1.807, 2.05) is 32.0 Å². The van der Waals surface area contributed by atoms with Gasteiger partial charge >= 0.3 is 5.97 Å². The zero-order valence-electron chi connectivity index (χ0n) is 8.70. The van der Waals surface area contributed by atoms with Crippen LogP contribution in [0.2, 0.25) is 0 Å². The van der Waals surface area contributed by atoms with E-state index in [0.717, 1.165) is 16.7 Å². The summed E-state index contributed by atoms with van der Waals surface area (Å²) in [5.41, 5.74) is 3.59. The van der Waals surface area contributed by atoms with Gasteiger partial charge in [0.15, 0.2) is 6.10 Å². The molecule has 1 aliphatic rings. The zero-order valence-corrected chi connectivity index (χ0v) is 8.70. The summed E-state index contributed by atoms with van der Waals surface area (Å²) in [7, 11) is 0. The fourth-order valence-electron chi connectivity index (χ4n) is 2.01. The first-order chi connectivity index (χ1) is 7.11. The molecule has 1 heterocycles. The van der Waals surface area contributed by atoms with Crippen LogP contribution < -0.4 is 0 Å². The van der Waals surface area contributed by atoms with Crippen molar-refractivity contribution < 1.29 is 9.53 Å². The molecule has 1 unspecified atom stereocenters. The van der Waals surface area contributed by atoms with Crippen LogP contribution in [0.4, 0.5) is 0 Å². The topological polar surface area (TPSA) is 50.1 Å². The Bertz CT molecular complexity index is 471. The third-order valence-electron chi connectivity index (χ3n) is 2.56. The van der Waals surface area contributed by atoms with Crippen LogP contribution in [-0.4, -0.2) is 12.1 Å². The van der Waals surface area contributed by atoms with Crippen molar-refractivity contribution >= 4 is 5.97 Å². The number of esters is 1. The Morgan fingerprint density at radius 1 is 1.47 bits per heavy atom. The number of hydrogen-bond acceptors (Lipinski definition) is 3. The van der Waals surface area contributed by atoms with E-state index in [0.29, 0.717) is 12.0 Å². The quantitative estimate of drug-likeness (QED) is 0.602. The number of carbonyl (C=O) groups is 1. The first kappa shape index (κ1) is 9.72. The Morgan fingerprint density at radius 2 is 2.20 bits per heavy atom. The van der Waals surface area contributed by atoms with E-state index in [4.69, 9.17) is 10.00 Å². The van der Waals surface area contributed by atoms with Gasteiger partial charge in [-0.15, -0.1) is 0 Å². The number of rotatable bonds is 0. The van der Waals surface area contributed by atoms with Crippen molar-refractivity contribution in [2.45, 2.75) is 26.4 Å². The normalized spacial score (nSPS) is 19.0. The molecule has 1 atom stereocenters. The first-order valence-electron chi connectivity index (χ1n) is 4.82. The molecule has 1 aromatic carbocycles. The van der Waals surface area contributed by atoms with Gasteiger partial charge in [0.25, 0.3) is 0 Å². The van der Waals surface area contributed by atoms with Gasteiger partial charge in [0.2, 0.25) is 0 Å². The Labute approximate surface area is 88.3 Å². The van der Waals surface area contributed by atoms with Crippen molar-refractivity contribution in [3.63, 3.8) is 0 Å². The van der Waals surface area contributed by atoms with Gasteiger partial charge in [-0.2, -0.15) is 5.26 Å². The number of carbonyl (C=O) groups excluding carboxylic acids is 1. The van der Waals surface area contributed by atoms with Crippen LogP contribution in [0.1, 0.15) is 27.0 Å². The molecule has 0 N–H and O–H groups in total. The molecule has 0 aliphatic carbocycles. The molecule has 0 fully saturated rings. The zero-order chi connectivity index (χ0) is 11.0. The number of ether oxygens (including phenoxy) is 1. The minimum absolute atomic E-state index is 0.375. The van der Waals surface area contributed by atoms with Crippen molar-refractivity contribution in [3.05, 3.63) is 34.4 Å². The minimum atomic E-state index is -0.633. The highest BCUT2D eigenvalue weighted by molar-refractivity contribution is 5.94. The minimum Gasteiger partial charge on any atom is -0.443 e. The van der Waals surface area contributed by atoms with E-state index < -0.39 is 6.10 Å². The third-order valence-corrected chi connectivity index (χ3v) is 2.56. The lowest BCUT2D eigenvalue weighted by Gasteiger charge is -2.21. The lowest BCUT2D eigenvalue weighted by molar-refractivity contribution is 0.0369. The number of nitriles is 1. The Balaban J connectivity index is 2.55. The summed E-state index contributed by atoms with van der Waals surface area (Å²) < 4.78 is 4.98. The van der Waals surface area contributed by atoms with Gasteiger partial charge in [0.05, 0.1) is 5.56 Å². The van der Waals surface area contributed by atoms with E-state index in [2.05, 4.69) is 0 Å². The lowest BCUT2D eigenvalue weighted by atomic mass is 9.93. The number of aryl methyl sites for hydroxylation is 2. The predicted molar refractivity (Wildman–Crippen MR) is 54.4 cm³/mol. The van der Waals surface area contributed by atoms with E-state index in [1.165, 1.54) is 0 Å². The van der Waals surface area contributed by atoms with Crippen LogP contribution in [0.3, 0.4) is 0 Å². The van der Waals surface area contributed by atoms with Crippen molar-refractivity contribution in [1.82, 2.24) is 0 Å². The van der Waals surface area contributed by atoms with E-state index in [1.54, 1.807) is 0 Å². The Kier molecular flexibility index (Phi) is 2.20. The second-order valence-corrected chi connectivity index (χ2v) is 3.84. The molecule has 3 nitrogen and oxygen atoms in total. The van der Waals surface area contributed by atoms with Crippen molar-refractivity contribution in [3.8, 4) is 6.07 Å². The van der Waals surface area contributed by atoms with Gasteiger partial charge in [-0.05, 0) is 25.0 Å². The third kappa shape index (κ3) is 1.59. The molecule has 76 valence electrons. The van der Waals surface area contributed by atoms with Gasteiger partial charge in [-0.25, -0.2) is 4.79 Å². The molecule has 0 aromatic heterocycles. The van der Waals surface area contributed by atoms with Gasteiger partial charge in [-0.1, -0.05) is 17.7 Å². The molecular weight excluding hydrogens is 190 g/mol. The summed E-state index contributed by atoms with van der Waals surface area (Å²) in [5.74, 6) is -0.375. The highest BCUT2D eigenvalue weighted by Crippen LogP contribution is 2.24. The van der Waals surface area contributed by atoms with E-state index in [-0.39, 0.29) is 5.97 Å². The van der Waals surface area contributed by atoms with Crippen molar-refractivity contribution in [1.29, 1.82) is 5.26 Å². The monoisotopic (exact) mass is 201 g/mol.